The van der Waals surface area contributed by atoms with Gasteiger partial charge in [0.2, 0.25) is 5.91 Å². The Hall–Kier alpha value is -1.06. The third-order valence-electron chi connectivity index (χ3n) is 2.43. The summed E-state index contributed by atoms with van der Waals surface area (Å²) in [5, 5.41) is 8.75. The molecule has 4 heteroatoms. The minimum absolute atomic E-state index is 0.0209. The molecule has 0 unspecified atom stereocenters. The number of likely N-dealkylation sites (tertiary alicyclic amines) is 1. The fourth-order valence-corrected chi connectivity index (χ4v) is 1.55. The van der Waals surface area contributed by atoms with E-state index in [1.54, 1.807) is 6.92 Å². The second-order valence-corrected chi connectivity index (χ2v) is 3.41. The highest BCUT2D eigenvalue weighted by Crippen LogP contribution is 2.13. The second kappa shape index (κ2) is 4.25. The molecular formula is C9H15NO3. The molecule has 1 aliphatic heterocycles. The normalized spacial score (nSPS) is 21.0. The summed E-state index contributed by atoms with van der Waals surface area (Å²) in [5.74, 6) is -0.942. The fraction of sp³-hybridized carbons (Fsp3) is 0.778. The van der Waals surface area contributed by atoms with Crippen LogP contribution in [0.3, 0.4) is 0 Å². The van der Waals surface area contributed by atoms with Crippen molar-refractivity contribution in [2.75, 3.05) is 6.54 Å². The minimum Gasteiger partial charge on any atom is -0.480 e. The van der Waals surface area contributed by atoms with Gasteiger partial charge < -0.3 is 10.0 Å². The lowest BCUT2D eigenvalue weighted by Gasteiger charge is -2.24. The zero-order chi connectivity index (χ0) is 9.84. The largest absolute Gasteiger partial charge is 0.480 e. The van der Waals surface area contributed by atoms with Crippen LogP contribution in [0.15, 0.2) is 0 Å². The van der Waals surface area contributed by atoms with E-state index in [2.05, 4.69) is 0 Å². The summed E-state index contributed by atoms with van der Waals surface area (Å²) >= 11 is 0. The molecule has 0 aliphatic carbocycles. The van der Waals surface area contributed by atoms with Crippen LogP contribution in [-0.4, -0.2) is 34.5 Å². The Morgan fingerprint density at radius 1 is 1.46 bits per heavy atom. The molecule has 1 saturated heterocycles. The van der Waals surface area contributed by atoms with E-state index in [1.165, 1.54) is 4.90 Å². The summed E-state index contributed by atoms with van der Waals surface area (Å²) in [6.07, 6.45) is 3.33. The first-order chi connectivity index (χ1) is 6.13. The average molecular weight is 185 g/mol. The van der Waals surface area contributed by atoms with Crippen LogP contribution in [0, 0.1) is 0 Å². The van der Waals surface area contributed by atoms with Crippen LogP contribution in [0.25, 0.3) is 0 Å². The molecule has 0 saturated carbocycles. The summed E-state index contributed by atoms with van der Waals surface area (Å²) < 4.78 is 0. The van der Waals surface area contributed by atoms with Gasteiger partial charge >= 0.3 is 5.97 Å². The SMILES string of the molecule is C[C@H](C(=O)O)N1CCCCCC1=O. The van der Waals surface area contributed by atoms with Crippen molar-refractivity contribution in [3.63, 3.8) is 0 Å². The third-order valence-corrected chi connectivity index (χ3v) is 2.43. The molecular weight excluding hydrogens is 170 g/mol. The number of amides is 1. The van der Waals surface area contributed by atoms with E-state index in [-0.39, 0.29) is 5.91 Å². The summed E-state index contributed by atoms with van der Waals surface area (Å²) in [7, 11) is 0. The van der Waals surface area contributed by atoms with Crippen LogP contribution < -0.4 is 0 Å². The van der Waals surface area contributed by atoms with Crippen molar-refractivity contribution in [3.05, 3.63) is 0 Å². The average Bonchev–Trinajstić information content (AvgIpc) is 2.28. The van der Waals surface area contributed by atoms with Crippen LogP contribution in [0.2, 0.25) is 0 Å². The van der Waals surface area contributed by atoms with Crippen LogP contribution >= 0.6 is 0 Å². The predicted molar refractivity (Wildman–Crippen MR) is 47.3 cm³/mol. The molecule has 1 heterocycles. The number of rotatable bonds is 2. The molecule has 0 bridgehead atoms. The van der Waals surface area contributed by atoms with Gasteiger partial charge in [0.05, 0.1) is 0 Å². The maximum Gasteiger partial charge on any atom is 0.326 e. The Morgan fingerprint density at radius 3 is 2.77 bits per heavy atom. The Morgan fingerprint density at radius 2 is 2.15 bits per heavy atom. The molecule has 1 fully saturated rings. The van der Waals surface area contributed by atoms with Crippen molar-refractivity contribution >= 4 is 11.9 Å². The standard InChI is InChI=1S/C9H15NO3/c1-7(9(12)13)10-6-4-2-3-5-8(10)11/h7H,2-6H2,1H3,(H,12,13)/t7-/m1/s1. The van der Waals surface area contributed by atoms with Crippen molar-refractivity contribution < 1.29 is 14.7 Å². The molecule has 0 aromatic heterocycles. The number of carboxylic acid groups (broad SMARTS) is 1. The molecule has 0 aromatic carbocycles. The van der Waals surface area contributed by atoms with Gasteiger partial charge in [0.25, 0.3) is 0 Å². The van der Waals surface area contributed by atoms with Crippen molar-refractivity contribution in [3.8, 4) is 0 Å². The summed E-state index contributed by atoms with van der Waals surface area (Å²) in [4.78, 5) is 23.6. The Balaban J connectivity index is 2.64. The maximum atomic E-state index is 11.4. The van der Waals surface area contributed by atoms with E-state index >= 15 is 0 Å². The van der Waals surface area contributed by atoms with Gasteiger partial charge in [-0.15, -0.1) is 0 Å². The number of hydrogen-bond donors (Lipinski definition) is 1. The lowest BCUT2D eigenvalue weighted by molar-refractivity contribution is -0.149. The summed E-state index contributed by atoms with van der Waals surface area (Å²) in [6.45, 7) is 2.15. The van der Waals surface area contributed by atoms with Crippen LogP contribution in [0.4, 0.5) is 0 Å². The van der Waals surface area contributed by atoms with Gasteiger partial charge in [-0.1, -0.05) is 6.42 Å². The van der Waals surface area contributed by atoms with Crippen LogP contribution in [0.5, 0.6) is 0 Å². The molecule has 1 atom stereocenters. The molecule has 4 nitrogen and oxygen atoms in total. The van der Waals surface area contributed by atoms with E-state index in [0.29, 0.717) is 13.0 Å². The first kappa shape index (κ1) is 10.0. The molecule has 1 aliphatic rings. The van der Waals surface area contributed by atoms with Gasteiger partial charge in [-0.3, -0.25) is 4.79 Å². The van der Waals surface area contributed by atoms with Crippen molar-refractivity contribution in [2.24, 2.45) is 0 Å². The van der Waals surface area contributed by atoms with Gasteiger partial charge in [-0.05, 0) is 19.8 Å². The highest BCUT2D eigenvalue weighted by molar-refractivity contribution is 5.83. The quantitative estimate of drug-likeness (QED) is 0.694. The maximum absolute atomic E-state index is 11.4. The third kappa shape index (κ3) is 2.44. The van der Waals surface area contributed by atoms with Crippen molar-refractivity contribution in [1.82, 2.24) is 4.90 Å². The number of hydrogen-bond acceptors (Lipinski definition) is 2. The van der Waals surface area contributed by atoms with E-state index in [4.69, 9.17) is 5.11 Å². The Labute approximate surface area is 77.5 Å². The molecule has 1 N–H and O–H groups in total. The summed E-state index contributed by atoms with van der Waals surface area (Å²) in [5.41, 5.74) is 0. The number of aliphatic carboxylic acids is 1. The van der Waals surface area contributed by atoms with E-state index < -0.39 is 12.0 Å². The first-order valence-electron chi connectivity index (χ1n) is 4.65. The van der Waals surface area contributed by atoms with E-state index in [0.717, 1.165) is 19.3 Å². The molecule has 1 rings (SSSR count). The second-order valence-electron chi connectivity index (χ2n) is 3.41. The topological polar surface area (TPSA) is 57.6 Å². The molecule has 0 radical (unpaired) electrons. The number of nitrogens with zero attached hydrogens (tertiary/aromatic N) is 1. The van der Waals surface area contributed by atoms with Crippen molar-refractivity contribution in [2.45, 2.75) is 38.6 Å². The van der Waals surface area contributed by atoms with Gasteiger partial charge in [0.15, 0.2) is 0 Å². The highest BCUT2D eigenvalue weighted by atomic mass is 16.4. The fourth-order valence-electron chi connectivity index (χ4n) is 1.55. The predicted octanol–water partition coefficient (Wildman–Crippen LogP) is 0.862. The molecule has 74 valence electrons. The summed E-state index contributed by atoms with van der Waals surface area (Å²) in [6, 6.07) is -0.675. The number of carbonyl (C=O) groups excluding carboxylic acids is 1. The van der Waals surface area contributed by atoms with Gasteiger partial charge in [0, 0.05) is 13.0 Å². The van der Waals surface area contributed by atoms with Crippen molar-refractivity contribution in [1.29, 1.82) is 0 Å². The molecule has 13 heavy (non-hydrogen) atoms. The van der Waals surface area contributed by atoms with E-state index in [9.17, 15) is 9.59 Å². The molecule has 0 spiro atoms. The highest BCUT2D eigenvalue weighted by Gasteiger charge is 2.25. The monoisotopic (exact) mass is 185 g/mol. The molecule has 1 amide bonds. The number of carbonyl (C=O) groups is 2. The van der Waals surface area contributed by atoms with Crippen LogP contribution in [0.1, 0.15) is 32.6 Å². The molecule has 0 aromatic rings. The van der Waals surface area contributed by atoms with Gasteiger partial charge in [-0.25, -0.2) is 4.79 Å². The number of carboxylic acids is 1. The lowest BCUT2D eigenvalue weighted by Crippen LogP contribution is -2.42. The Bertz CT molecular complexity index is 215. The Kier molecular flexibility index (Phi) is 3.28. The van der Waals surface area contributed by atoms with E-state index in [1.807, 2.05) is 0 Å². The zero-order valence-electron chi connectivity index (χ0n) is 7.82. The van der Waals surface area contributed by atoms with Gasteiger partial charge in [-0.2, -0.15) is 0 Å². The first-order valence-corrected chi connectivity index (χ1v) is 4.65. The smallest absolute Gasteiger partial charge is 0.326 e. The van der Waals surface area contributed by atoms with Gasteiger partial charge in [0.1, 0.15) is 6.04 Å². The van der Waals surface area contributed by atoms with Crippen LogP contribution in [-0.2, 0) is 9.59 Å². The minimum atomic E-state index is -0.921. The zero-order valence-corrected chi connectivity index (χ0v) is 7.82. The lowest BCUT2D eigenvalue weighted by atomic mass is 10.2.